The quantitative estimate of drug-likeness (QED) is 0.153. The van der Waals surface area contributed by atoms with Gasteiger partial charge in [-0.3, -0.25) is 14.6 Å². The molecule has 1 fully saturated rings. The SMILES string of the molecule is CCCCCC(C)NC(=NC)NCCCCCC(=O)N1CCN(C(=O)CC(C)C)CC1.I. The molecule has 1 unspecified atom stereocenters. The molecule has 32 heavy (non-hydrogen) atoms. The van der Waals surface area contributed by atoms with Gasteiger partial charge < -0.3 is 20.4 Å². The number of guanidine groups is 1. The summed E-state index contributed by atoms with van der Waals surface area (Å²) in [6.45, 7) is 12.1. The van der Waals surface area contributed by atoms with Crippen LogP contribution in [0.1, 0.15) is 85.5 Å². The highest BCUT2D eigenvalue weighted by Gasteiger charge is 2.23. The van der Waals surface area contributed by atoms with Crippen molar-refractivity contribution >= 4 is 41.8 Å². The van der Waals surface area contributed by atoms with Gasteiger partial charge in [-0.2, -0.15) is 0 Å². The number of amides is 2. The van der Waals surface area contributed by atoms with E-state index in [2.05, 4.69) is 43.3 Å². The number of carbonyl (C=O) groups is 2. The fourth-order valence-electron chi connectivity index (χ4n) is 3.83. The summed E-state index contributed by atoms with van der Waals surface area (Å²) in [6, 6.07) is 0.427. The van der Waals surface area contributed by atoms with E-state index >= 15 is 0 Å². The molecule has 0 spiro atoms. The molecule has 1 aliphatic rings. The second-order valence-electron chi connectivity index (χ2n) is 9.21. The lowest BCUT2D eigenvalue weighted by Gasteiger charge is -2.35. The molecule has 0 aromatic heterocycles. The highest BCUT2D eigenvalue weighted by atomic mass is 127. The van der Waals surface area contributed by atoms with Crippen LogP contribution in [0.5, 0.6) is 0 Å². The molecule has 0 aliphatic carbocycles. The number of halogens is 1. The van der Waals surface area contributed by atoms with Crippen molar-refractivity contribution in [2.75, 3.05) is 39.8 Å². The molecule has 8 heteroatoms. The fraction of sp³-hybridized carbons (Fsp3) is 0.875. The van der Waals surface area contributed by atoms with E-state index in [-0.39, 0.29) is 35.8 Å². The van der Waals surface area contributed by atoms with Crippen LogP contribution in [0.4, 0.5) is 0 Å². The maximum absolute atomic E-state index is 12.4. The molecule has 1 rings (SSSR count). The van der Waals surface area contributed by atoms with Crippen LogP contribution in [0, 0.1) is 5.92 Å². The smallest absolute Gasteiger partial charge is 0.222 e. The summed E-state index contributed by atoms with van der Waals surface area (Å²) >= 11 is 0. The summed E-state index contributed by atoms with van der Waals surface area (Å²) < 4.78 is 0. The summed E-state index contributed by atoms with van der Waals surface area (Å²) in [5, 5.41) is 6.83. The van der Waals surface area contributed by atoms with E-state index in [0.29, 0.717) is 51.0 Å². The number of nitrogens with zero attached hydrogens (tertiary/aromatic N) is 3. The first-order valence-corrected chi connectivity index (χ1v) is 12.4. The largest absolute Gasteiger partial charge is 0.356 e. The maximum atomic E-state index is 12.4. The van der Waals surface area contributed by atoms with Gasteiger partial charge >= 0.3 is 0 Å². The molecule has 1 aliphatic heterocycles. The zero-order chi connectivity index (χ0) is 23.1. The van der Waals surface area contributed by atoms with E-state index < -0.39 is 0 Å². The number of nitrogens with one attached hydrogen (secondary N) is 2. The van der Waals surface area contributed by atoms with Crippen molar-refractivity contribution in [3.8, 4) is 0 Å². The van der Waals surface area contributed by atoms with Gasteiger partial charge in [-0.05, 0) is 32.1 Å². The number of carbonyl (C=O) groups excluding carboxylic acids is 2. The minimum atomic E-state index is 0. The lowest BCUT2D eigenvalue weighted by atomic mass is 10.1. The molecule has 2 N–H and O–H groups in total. The third-order valence-corrected chi connectivity index (χ3v) is 5.78. The topological polar surface area (TPSA) is 77.0 Å². The van der Waals surface area contributed by atoms with Crippen molar-refractivity contribution in [1.29, 1.82) is 0 Å². The minimum Gasteiger partial charge on any atom is -0.356 e. The zero-order valence-corrected chi connectivity index (χ0v) is 23.5. The summed E-state index contributed by atoms with van der Waals surface area (Å²) in [5.74, 6) is 1.69. The minimum absolute atomic E-state index is 0. The third kappa shape index (κ3) is 13.5. The van der Waals surface area contributed by atoms with Crippen LogP contribution in [-0.4, -0.2) is 73.4 Å². The molecule has 0 radical (unpaired) electrons. The Bertz CT molecular complexity index is 549. The zero-order valence-electron chi connectivity index (χ0n) is 21.1. The molecule has 0 aromatic rings. The number of unbranched alkanes of at least 4 members (excludes halogenated alkanes) is 4. The second-order valence-corrected chi connectivity index (χ2v) is 9.21. The number of rotatable bonds is 13. The first kappa shape index (κ1) is 30.9. The maximum Gasteiger partial charge on any atom is 0.222 e. The fourth-order valence-corrected chi connectivity index (χ4v) is 3.83. The summed E-state index contributed by atoms with van der Waals surface area (Å²) in [6.07, 6.45) is 9.09. The second kappa shape index (κ2) is 18.4. The Morgan fingerprint density at radius 1 is 0.906 bits per heavy atom. The van der Waals surface area contributed by atoms with Crippen molar-refractivity contribution in [3.63, 3.8) is 0 Å². The first-order chi connectivity index (χ1) is 14.9. The molecule has 0 aromatic carbocycles. The van der Waals surface area contributed by atoms with Gasteiger partial charge in [-0.25, -0.2) is 0 Å². The highest BCUT2D eigenvalue weighted by molar-refractivity contribution is 14.0. The Morgan fingerprint density at radius 3 is 2.09 bits per heavy atom. The van der Waals surface area contributed by atoms with Gasteiger partial charge in [0.05, 0.1) is 0 Å². The van der Waals surface area contributed by atoms with E-state index in [4.69, 9.17) is 0 Å². The lowest BCUT2D eigenvalue weighted by Crippen LogP contribution is -2.50. The van der Waals surface area contributed by atoms with Gasteiger partial charge in [0.15, 0.2) is 5.96 Å². The molecule has 2 amide bonds. The highest BCUT2D eigenvalue weighted by Crippen LogP contribution is 2.10. The van der Waals surface area contributed by atoms with Gasteiger partial charge in [0, 0.05) is 58.7 Å². The number of hydrogen-bond acceptors (Lipinski definition) is 3. The van der Waals surface area contributed by atoms with Gasteiger partial charge in [0.25, 0.3) is 0 Å². The van der Waals surface area contributed by atoms with E-state index in [9.17, 15) is 9.59 Å². The number of aliphatic imine (C=N–C) groups is 1. The Hall–Kier alpha value is -1.06. The predicted molar refractivity (Wildman–Crippen MR) is 145 cm³/mol. The Kier molecular flexibility index (Phi) is 17.8. The van der Waals surface area contributed by atoms with Crippen LogP contribution in [-0.2, 0) is 9.59 Å². The van der Waals surface area contributed by atoms with Gasteiger partial charge in [0.2, 0.25) is 11.8 Å². The van der Waals surface area contributed by atoms with Crippen molar-refractivity contribution in [3.05, 3.63) is 0 Å². The van der Waals surface area contributed by atoms with Crippen molar-refractivity contribution in [2.45, 2.75) is 91.5 Å². The van der Waals surface area contributed by atoms with Crippen molar-refractivity contribution < 1.29 is 9.59 Å². The third-order valence-electron chi connectivity index (χ3n) is 5.78. The van der Waals surface area contributed by atoms with Crippen LogP contribution in [0.25, 0.3) is 0 Å². The first-order valence-electron chi connectivity index (χ1n) is 12.4. The van der Waals surface area contributed by atoms with E-state index in [1.807, 2.05) is 16.8 Å². The van der Waals surface area contributed by atoms with E-state index in [1.165, 1.54) is 19.3 Å². The monoisotopic (exact) mass is 565 g/mol. The van der Waals surface area contributed by atoms with Crippen LogP contribution in [0.2, 0.25) is 0 Å². The summed E-state index contributed by atoms with van der Waals surface area (Å²) in [5.41, 5.74) is 0. The molecule has 1 atom stereocenters. The standard InChI is InChI=1S/C24H47N5O2.HI/c1-6-7-9-12-21(4)27-24(25-5)26-14-11-8-10-13-22(30)28-15-17-29(18-16-28)23(31)19-20(2)3;/h20-21H,6-19H2,1-5H3,(H2,25,26,27);1H. The summed E-state index contributed by atoms with van der Waals surface area (Å²) in [7, 11) is 1.81. The van der Waals surface area contributed by atoms with Crippen LogP contribution in [0.3, 0.4) is 0 Å². The average molecular weight is 566 g/mol. The van der Waals surface area contributed by atoms with Gasteiger partial charge in [-0.1, -0.05) is 46.5 Å². The molecule has 7 nitrogen and oxygen atoms in total. The molecule has 1 saturated heterocycles. The van der Waals surface area contributed by atoms with Crippen molar-refractivity contribution in [2.24, 2.45) is 10.9 Å². The van der Waals surface area contributed by atoms with Crippen molar-refractivity contribution in [1.82, 2.24) is 20.4 Å². The summed E-state index contributed by atoms with van der Waals surface area (Å²) in [4.78, 5) is 32.7. The van der Waals surface area contributed by atoms with E-state index in [1.54, 1.807) is 0 Å². The van der Waals surface area contributed by atoms with Gasteiger partial charge in [0.1, 0.15) is 0 Å². The Balaban J connectivity index is 0.00000961. The normalized spacial score (nSPS) is 15.4. The Labute approximate surface area is 213 Å². The molecular formula is C24H48IN5O2. The molecule has 0 saturated carbocycles. The average Bonchev–Trinajstić information content (AvgIpc) is 2.74. The predicted octanol–water partition coefficient (Wildman–Crippen LogP) is 4.02. The number of piperazine rings is 1. The lowest BCUT2D eigenvalue weighted by molar-refractivity contribution is -0.140. The van der Waals surface area contributed by atoms with Gasteiger partial charge in [-0.15, -0.1) is 24.0 Å². The molecule has 188 valence electrons. The Morgan fingerprint density at radius 2 is 1.53 bits per heavy atom. The van der Waals surface area contributed by atoms with Crippen LogP contribution in [0.15, 0.2) is 4.99 Å². The van der Waals surface area contributed by atoms with Crippen LogP contribution < -0.4 is 10.6 Å². The molecule has 0 bridgehead atoms. The molecule has 1 heterocycles. The number of hydrogen-bond donors (Lipinski definition) is 2. The van der Waals surface area contributed by atoms with Crippen LogP contribution >= 0.6 is 24.0 Å². The van der Waals surface area contributed by atoms with E-state index in [0.717, 1.165) is 38.2 Å². The molecular weight excluding hydrogens is 517 g/mol.